The van der Waals surface area contributed by atoms with E-state index in [9.17, 15) is 45.5 Å². The number of nitrogens with one attached hydrogen (secondary N) is 1. The van der Waals surface area contributed by atoms with Crippen molar-refractivity contribution in [3.05, 3.63) is 34.4 Å². The Morgan fingerprint density at radius 1 is 1.23 bits per heavy atom. The summed E-state index contributed by atoms with van der Waals surface area (Å²) in [5.41, 5.74) is -0.194. The molecule has 2 fully saturated rings. The maximum absolute atomic E-state index is 11.7. The first-order chi connectivity index (χ1) is 18.3. The lowest BCUT2D eigenvalue weighted by molar-refractivity contribution is -0.384. The number of carbonyl (C=O) groups is 1. The number of carbonyl (C=O) groups excluding carboxylic acids is 1. The van der Waals surface area contributed by atoms with Gasteiger partial charge in [-0.05, 0) is 25.5 Å². The molecule has 0 radical (unpaired) electrons. The Labute approximate surface area is 224 Å². The lowest BCUT2D eigenvalue weighted by Crippen LogP contribution is -2.68. The van der Waals surface area contributed by atoms with Gasteiger partial charge in [0, 0.05) is 25.5 Å². The molecule has 220 valence electrons. The summed E-state index contributed by atoms with van der Waals surface area (Å²) < 4.78 is 23.0. The van der Waals surface area contributed by atoms with Gasteiger partial charge in [-0.15, -0.1) is 0 Å². The fourth-order valence-electron chi connectivity index (χ4n) is 4.72. The fourth-order valence-corrected chi connectivity index (χ4v) is 4.72. The zero-order valence-electron chi connectivity index (χ0n) is 21.7. The molecule has 3 unspecified atom stereocenters. The van der Waals surface area contributed by atoms with E-state index in [0.717, 1.165) is 0 Å². The number of aliphatic hydroxyl groups is 6. The van der Waals surface area contributed by atoms with Crippen molar-refractivity contribution in [2.24, 2.45) is 0 Å². The molecule has 1 aromatic carbocycles. The fraction of sp³-hybridized carbons (Fsp3) is 0.708. The van der Waals surface area contributed by atoms with Gasteiger partial charge in [0.1, 0.15) is 42.4 Å². The van der Waals surface area contributed by atoms with Crippen molar-refractivity contribution in [2.75, 3.05) is 6.61 Å². The number of hydrogen-bond donors (Lipinski definition) is 7. The topological polar surface area (TPSA) is 231 Å². The summed E-state index contributed by atoms with van der Waals surface area (Å²) in [7, 11) is 0. The van der Waals surface area contributed by atoms with Gasteiger partial charge in [-0.2, -0.15) is 0 Å². The standard InChI is InChI=1S/C24H36N2O13/c1-4-14(29)18(31)21-17(25-11(2)28)15(30)9-24(3,38-21)39-22-19(32)16(10-27)37-23(20(22)33)36-13-7-5-12(6-8-13)26(34)35/h5-8,14-23,27,29-33H,4,9-10H2,1-3H3,(H,25,28)/t14-,15-,16?,17-,18-,19+,20?,21?,22+,23-,24-/m1/s1. The number of benzene rings is 1. The highest BCUT2D eigenvalue weighted by molar-refractivity contribution is 5.73. The van der Waals surface area contributed by atoms with Gasteiger partial charge in [-0.1, -0.05) is 6.92 Å². The Morgan fingerprint density at radius 2 is 1.87 bits per heavy atom. The SMILES string of the molecule is CC[C@@H](O)[C@@H](O)C1O[C@](C)(O[C@@H]2C(O)[C@H](Oc3ccc([N+](=O)[O-])cc3)OC(CO)[C@@H]2O)C[C@@H](O)[C@H]1NC(C)=O. The third kappa shape index (κ3) is 7.19. The lowest BCUT2D eigenvalue weighted by atomic mass is 9.88. The predicted molar refractivity (Wildman–Crippen MR) is 130 cm³/mol. The van der Waals surface area contributed by atoms with Gasteiger partial charge in [-0.25, -0.2) is 0 Å². The van der Waals surface area contributed by atoms with Gasteiger partial charge >= 0.3 is 0 Å². The van der Waals surface area contributed by atoms with Crippen LogP contribution in [0.2, 0.25) is 0 Å². The van der Waals surface area contributed by atoms with Crippen molar-refractivity contribution < 1.29 is 59.3 Å². The number of amides is 1. The smallest absolute Gasteiger partial charge is 0.269 e. The van der Waals surface area contributed by atoms with E-state index in [4.69, 9.17) is 18.9 Å². The molecule has 2 heterocycles. The number of ether oxygens (including phenoxy) is 4. The second-order valence-corrected chi connectivity index (χ2v) is 9.84. The summed E-state index contributed by atoms with van der Waals surface area (Å²) in [4.78, 5) is 22.0. The molecule has 0 aromatic heterocycles. The zero-order chi connectivity index (χ0) is 29.1. The van der Waals surface area contributed by atoms with Crippen LogP contribution in [0.1, 0.15) is 33.6 Å². The Balaban J connectivity index is 1.84. The third-order valence-electron chi connectivity index (χ3n) is 6.76. The average molecular weight is 561 g/mol. The van der Waals surface area contributed by atoms with Crippen molar-refractivity contribution in [3.8, 4) is 5.75 Å². The summed E-state index contributed by atoms with van der Waals surface area (Å²) in [5, 5.41) is 76.8. The zero-order valence-corrected chi connectivity index (χ0v) is 21.7. The minimum absolute atomic E-state index is 0.0851. The summed E-state index contributed by atoms with van der Waals surface area (Å²) in [6, 6.07) is 3.80. The first kappa shape index (κ1) is 31.1. The van der Waals surface area contributed by atoms with Gasteiger partial charge in [0.05, 0.1) is 29.8 Å². The number of nitro benzene ring substituents is 1. The largest absolute Gasteiger partial charge is 0.462 e. The minimum Gasteiger partial charge on any atom is -0.462 e. The highest BCUT2D eigenvalue weighted by Gasteiger charge is 2.54. The van der Waals surface area contributed by atoms with Crippen molar-refractivity contribution in [2.45, 2.75) is 101 Å². The van der Waals surface area contributed by atoms with Crippen LogP contribution < -0.4 is 10.1 Å². The maximum atomic E-state index is 11.7. The van der Waals surface area contributed by atoms with Crippen LogP contribution in [0, 0.1) is 10.1 Å². The Bertz CT molecular complexity index is 981. The van der Waals surface area contributed by atoms with Crippen molar-refractivity contribution in [3.63, 3.8) is 0 Å². The monoisotopic (exact) mass is 560 g/mol. The summed E-state index contributed by atoms with van der Waals surface area (Å²) in [6.45, 7) is 3.52. The third-order valence-corrected chi connectivity index (χ3v) is 6.76. The average Bonchev–Trinajstić information content (AvgIpc) is 2.89. The summed E-state index contributed by atoms with van der Waals surface area (Å²) in [6.07, 6.45) is -13.2. The molecule has 0 spiro atoms. The van der Waals surface area contributed by atoms with Crippen LogP contribution in [0.25, 0.3) is 0 Å². The molecule has 2 aliphatic rings. The van der Waals surface area contributed by atoms with E-state index in [1.54, 1.807) is 6.92 Å². The molecule has 3 rings (SSSR count). The highest BCUT2D eigenvalue weighted by atomic mass is 16.7. The first-order valence-corrected chi connectivity index (χ1v) is 12.5. The van der Waals surface area contributed by atoms with Crippen LogP contribution in [0.5, 0.6) is 5.75 Å². The molecule has 2 saturated heterocycles. The van der Waals surface area contributed by atoms with Gasteiger partial charge in [0.15, 0.2) is 5.79 Å². The van der Waals surface area contributed by atoms with Crippen LogP contribution >= 0.6 is 0 Å². The molecule has 7 N–H and O–H groups in total. The molecule has 1 amide bonds. The van der Waals surface area contributed by atoms with E-state index < -0.39 is 84.4 Å². The Morgan fingerprint density at radius 3 is 2.41 bits per heavy atom. The number of hydrogen-bond acceptors (Lipinski definition) is 13. The van der Waals surface area contributed by atoms with E-state index in [1.807, 2.05) is 0 Å². The molecule has 39 heavy (non-hydrogen) atoms. The number of nitro groups is 1. The molecular formula is C24H36N2O13. The van der Waals surface area contributed by atoms with Crippen molar-refractivity contribution in [1.82, 2.24) is 5.32 Å². The Hall–Kier alpha value is -2.47. The van der Waals surface area contributed by atoms with Crippen LogP contribution in [0.4, 0.5) is 5.69 Å². The normalized spacial score (nSPS) is 36.5. The molecule has 0 saturated carbocycles. The quantitative estimate of drug-likeness (QED) is 0.125. The molecular weight excluding hydrogens is 524 g/mol. The van der Waals surface area contributed by atoms with E-state index in [1.165, 1.54) is 38.1 Å². The molecule has 0 aliphatic carbocycles. The second kappa shape index (κ2) is 12.8. The summed E-state index contributed by atoms with van der Waals surface area (Å²) in [5.74, 6) is -2.19. The van der Waals surface area contributed by atoms with Crippen LogP contribution in [0.3, 0.4) is 0 Å². The molecule has 2 aliphatic heterocycles. The maximum Gasteiger partial charge on any atom is 0.269 e. The van der Waals surface area contributed by atoms with Gasteiger partial charge < -0.3 is 54.9 Å². The predicted octanol–water partition coefficient (Wildman–Crippen LogP) is -1.70. The number of aliphatic hydroxyl groups excluding tert-OH is 6. The van der Waals surface area contributed by atoms with E-state index in [2.05, 4.69) is 5.32 Å². The molecule has 0 bridgehead atoms. The molecule has 15 nitrogen and oxygen atoms in total. The van der Waals surface area contributed by atoms with E-state index in [0.29, 0.717) is 0 Å². The van der Waals surface area contributed by atoms with Crippen molar-refractivity contribution in [1.29, 1.82) is 0 Å². The minimum atomic E-state index is -1.77. The van der Waals surface area contributed by atoms with Gasteiger partial charge in [0.25, 0.3) is 5.69 Å². The van der Waals surface area contributed by atoms with Gasteiger partial charge in [0.2, 0.25) is 12.2 Å². The van der Waals surface area contributed by atoms with E-state index in [-0.39, 0.29) is 24.3 Å². The first-order valence-electron chi connectivity index (χ1n) is 12.5. The van der Waals surface area contributed by atoms with Crippen LogP contribution in [-0.2, 0) is 19.0 Å². The Kier molecular flexibility index (Phi) is 10.2. The molecule has 11 atom stereocenters. The number of rotatable bonds is 10. The highest BCUT2D eigenvalue weighted by Crippen LogP contribution is 2.37. The van der Waals surface area contributed by atoms with Crippen molar-refractivity contribution >= 4 is 11.6 Å². The molecule has 1 aromatic rings. The number of nitrogens with zero attached hydrogens (tertiary/aromatic N) is 1. The van der Waals surface area contributed by atoms with E-state index >= 15 is 0 Å². The van der Waals surface area contributed by atoms with Gasteiger partial charge in [-0.3, -0.25) is 14.9 Å². The summed E-state index contributed by atoms with van der Waals surface area (Å²) >= 11 is 0. The van der Waals surface area contributed by atoms with Crippen LogP contribution in [0.15, 0.2) is 24.3 Å². The van der Waals surface area contributed by atoms with Crippen LogP contribution in [-0.4, -0.2) is 115 Å². The lowest BCUT2D eigenvalue weighted by Gasteiger charge is -2.50. The number of non-ortho nitro benzene ring substituents is 1. The molecule has 15 heteroatoms. The second-order valence-electron chi connectivity index (χ2n) is 9.84.